The highest BCUT2D eigenvalue weighted by Crippen LogP contribution is 2.39. The molecule has 2 amide bonds. The third-order valence-electron chi connectivity index (χ3n) is 7.54. The highest BCUT2D eigenvalue weighted by Gasteiger charge is 2.50. The fourth-order valence-corrected chi connectivity index (χ4v) is 5.50. The Bertz CT molecular complexity index is 1650. The Hall–Kier alpha value is -4.64. The van der Waals surface area contributed by atoms with Gasteiger partial charge in [-0.15, -0.1) is 0 Å². The van der Waals surface area contributed by atoms with Gasteiger partial charge in [0.25, 0.3) is 17.4 Å². The predicted molar refractivity (Wildman–Crippen MR) is 152 cm³/mol. The van der Waals surface area contributed by atoms with Crippen LogP contribution < -0.4 is 11.2 Å². The summed E-state index contributed by atoms with van der Waals surface area (Å²) in [6.07, 6.45) is -0.928. The molecule has 214 valence electrons. The normalized spacial score (nSPS) is 21.6. The molecule has 0 spiro atoms. The number of carbonyl (C=O) groups is 2. The van der Waals surface area contributed by atoms with Gasteiger partial charge in [0.05, 0.1) is 43.0 Å². The van der Waals surface area contributed by atoms with Crippen LogP contribution in [0.15, 0.2) is 107 Å². The van der Waals surface area contributed by atoms with Crippen molar-refractivity contribution in [3.8, 4) is 0 Å². The Labute approximate surface area is 241 Å². The number of H-pyrrole nitrogens is 1. The van der Waals surface area contributed by atoms with Gasteiger partial charge in [-0.1, -0.05) is 72.8 Å². The largest absolute Gasteiger partial charge is 0.374 e. The first-order valence-electron chi connectivity index (χ1n) is 13.7. The van der Waals surface area contributed by atoms with Gasteiger partial charge in [-0.25, -0.2) is 4.79 Å². The number of nitrogens with zero attached hydrogens (tertiary/aromatic N) is 2. The molecule has 0 bridgehead atoms. The molecule has 10 nitrogen and oxygen atoms in total. The zero-order valence-corrected chi connectivity index (χ0v) is 22.6. The highest BCUT2D eigenvalue weighted by molar-refractivity contribution is 6.21. The molecule has 10 heteroatoms. The number of benzene rings is 3. The molecule has 3 aromatic carbocycles. The van der Waals surface area contributed by atoms with E-state index in [2.05, 4.69) is 4.98 Å². The molecule has 0 aliphatic carbocycles. The van der Waals surface area contributed by atoms with E-state index >= 15 is 0 Å². The van der Waals surface area contributed by atoms with Crippen LogP contribution in [0.1, 0.15) is 38.1 Å². The van der Waals surface area contributed by atoms with E-state index in [-0.39, 0.29) is 19.8 Å². The molecule has 1 saturated heterocycles. The molecule has 2 aliphatic rings. The van der Waals surface area contributed by atoms with Crippen molar-refractivity contribution in [2.45, 2.75) is 31.6 Å². The maximum atomic E-state index is 13.3. The Morgan fingerprint density at radius 1 is 0.738 bits per heavy atom. The van der Waals surface area contributed by atoms with E-state index < -0.39 is 47.4 Å². The average Bonchev–Trinajstić information content (AvgIpc) is 3.47. The smallest absolute Gasteiger partial charge is 0.330 e. The van der Waals surface area contributed by atoms with Crippen molar-refractivity contribution >= 4 is 11.8 Å². The molecule has 0 radical (unpaired) electrons. The molecule has 42 heavy (non-hydrogen) atoms. The summed E-state index contributed by atoms with van der Waals surface area (Å²) in [5.41, 5.74) is 1.32. The van der Waals surface area contributed by atoms with E-state index in [1.807, 2.05) is 60.7 Å². The van der Waals surface area contributed by atoms with Gasteiger partial charge >= 0.3 is 5.69 Å². The SMILES string of the molecule is O=C1c2ccccc2C(=O)N1C[C@@H]1[C@H](OCc2ccccc2)[C@@H](COCc2ccccc2)O[C@H]1n1ccc(=O)[nH]c1=O. The molecule has 4 atom stereocenters. The van der Waals surface area contributed by atoms with E-state index in [9.17, 15) is 19.2 Å². The van der Waals surface area contributed by atoms with Gasteiger partial charge in [0.2, 0.25) is 0 Å². The number of fused-ring (bicyclic) bond motifs is 1. The Morgan fingerprint density at radius 3 is 1.95 bits per heavy atom. The molecule has 1 fully saturated rings. The molecular weight excluding hydrogens is 538 g/mol. The second-order valence-corrected chi connectivity index (χ2v) is 10.3. The van der Waals surface area contributed by atoms with Crippen LogP contribution in [0.3, 0.4) is 0 Å². The Morgan fingerprint density at radius 2 is 1.33 bits per heavy atom. The molecule has 6 rings (SSSR count). The van der Waals surface area contributed by atoms with Gasteiger partial charge in [-0.05, 0) is 23.3 Å². The number of nitrogens with one attached hydrogen (secondary N) is 1. The summed E-state index contributed by atoms with van der Waals surface area (Å²) in [5, 5.41) is 0. The third-order valence-corrected chi connectivity index (χ3v) is 7.54. The summed E-state index contributed by atoms with van der Waals surface area (Å²) >= 11 is 0. The second-order valence-electron chi connectivity index (χ2n) is 10.3. The van der Waals surface area contributed by atoms with Gasteiger partial charge in [-0.3, -0.25) is 28.8 Å². The number of rotatable bonds is 10. The Kier molecular flexibility index (Phi) is 7.91. The lowest BCUT2D eigenvalue weighted by Gasteiger charge is -2.28. The minimum absolute atomic E-state index is 0.0722. The van der Waals surface area contributed by atoms with Gasteiger partial charge < -0.3 is 14.2 Å². The summed E-state index contributed by atoms with van der Waals surface area (Å²) in [6, 6.07) is 27.1. The van der Waals surface area contributed by atoms with Gasteiger partial charge in [-0.2, -0.15) is 0 Å². The lowest BCUT2D eigenvalue weighted by Crippen LogP contribution is -2.43. The number of hydrogen-bond donors (Lipinski definition) is 1. The van der Waals surface area contributed by atoms with Crippen LogP contribution in [0.2, 0.25) is 0 Å². The monoisotopic (exact) mass is 567 g/mol. The molecule has 4 aromatic rings. The summed E-state index contributed by atoms with van der Waals surface area (Å²) in [5.74, 6) is -1.51. The van der Waals surface area contributed by atoms with Crippen molar-refractivity contribution < 1.29 is 23.8 Å². The quantitative estimate of drug-likeness (QED) is 0.293. The van der Waals surface area contributed by atoms with E-state index in [4.69, 9.17) is 14.2 Å². The fourth-order valence-electron chi connectivity index (χ4n) is 5.50. The number of carbonyl (C=O) groups excluding carboxylic acids is 2. The summed E-state index contributed by atoms with van der Waals surface area (Å²) in [4.78, 5) is 54.9. The molecule has 0 saturated carbocycles. The van der Waals surface area contributed by atoms with Crippen LogP contribution in [0.5, 0.6) is 0 Å². The number of hydrogen-bond acceptors (Lipinski definition) is 7. The number of ether oxygens (including phenoxy) is 3. The second kappa shape index (κ2) is 12.1. The lowest BCUT2D eigenvalue weighted by molar-refractivity contribution is -0.0832. The van der Waals surface area contributed by atoms with Crippen molar-refractivity contribution in [3.63, 3.8) is 0 Å². The number of aromatic nitrogens is 2. The zero-order valence-electron chi connectivity index (χ0n) is 22.6. The fraction of sp³-hybridized carbons (Fsp3) is 0.250. The molecule has 1 aromatic heterocycles. The van der Waals surface area contributed by atoms with Crippen molar-refractivity contribution in [1.29, 1.82) is 0 Å². The van der Waals surface area contributed by atoms with Crippen molar-refractivity contribution in [2.24, 2.45) is 5.92 Å². The lowest BCUT2D eigenvalue weighted by atomic mass is 9.98. The molecular formula is C32H29N3O7. The molecule has 3 heterocycles. The highest BCUT2D eigenvalue weighted by atomic mass is 16.6. The van der Waals surface area contributed by atoms with Crippen LogP contribution in [0.4, 0.5) is 0 Å². The number of aromatic amines is 1. The van der Waals surface area contributed by atoms with Crippen LogP contribution in [0.25, 0.3) is 0 Å². The van der Waals surface area contributed by atoms with E-state index in [1.165, 1.54) is 21.7 Å². The van der Waals surface area contributed by atoms with E-state index in [1.54, 1.807) is 24.3 Å². The first kappa shape index (κ1) is 27.5. The molecule has 0 unspecified atom stereocenters. The summed E-state index contributed by atoms with van der Waals surface area (Å²) in [6.45, 7) is 0.618. The first-order valence-corrected chi connectivity index (χ1v) is 13.7. The number of imide groups is 1. The minimum Gasteiger partial charge on any atom is -0.374 e. The van der Waals surface area contributed by atoms with E-state index in [0.717, 1.165) is 11.1 Å². The molecule has 2 aliphatic heterocycles. The zero-order chi connectivity index (χ0) is 29.1. The summed E-state index contributed by atoms with van der Waals surface area (Å²) in [7, 11) is 0. The third kappa shape index (κ3) is 5.60. The molecule has 1 N–H and O–H groups in total. The van der Waals surface area contributed by atoms with Crippen LogP contribution in [-0.2, 0) is 27.4 Å². The average molecular weight is 568 g/mol. The summed E-state index contributed by atoms with van der Waals surface area (Å²) < 4.78 is 20.2. The maximum Gasteiger partial charge on any atom is 0.330 e. The van der Waals surface area contributed by atoms with Crippen LogP contribution in [-0.4, -0.2) is 51.6 Å². The Balaban J connectivity index is 1.33. The van der Waals surface area contributed by atoms with Gasteiger partial charge in [0, 0.05) is 18.8 Å². The van der Waals surface area contributed by atoms with Crippen molar-refractivity contribution in [3.05, 3.63) is 140 Å². The topological polar surface area (TPSA) is 120 Å². The van der Waals surface area contributed by atoms with Crippen molar-refractivity contribution in [2.75, 3.05) is 13.2 Å². The number of amides is 2. The predicted octanol–water partition coefficient (Wildman–Crippen LogP) is 3.15. The standard InChI is InChI=1S/C32H29N3O7/c36-27-15-16-34(32(39)33-27)31-25(17-35-29(37)23-13-7-8-14-24(23)30(35)38)28(41-19-22-11-5-2-6-12-22)26(42-31)20-40-18-21-9-3-1-4-10-21/h1-16,25-26,28,31H,17-20H2,(H,33,36,39)/t25-,26-,28+,31-/m1/s1. The maximum absolute atomic E-state index is 13.3. The first-order chi connectivity index (χ1) is 20.5. The van der Waals surface area contributed by atoms with E-state index in [0.29, 0.717) is 17.7 Å². The van der Waals surface area contributed by atoms with Gasteiger partial charge in [0.1, 0.15) is 12.3 Å². The van der Waals surface area contributed by atoms with Crippen LogP contribution in [0, 0.1) is 5.92 Å². The minimum atomic E-state index is -0.954. The van der Waals surface area contributed by atoms with Gasteiger partial charge in [0.15, 0.2) is 0 Å². The van der Waals surface area contributed by atoms with Crippen LogP contribution >= 0.6 is 0 Å². The van der Waals surface area contributed by atoms with Crippen molar-refractivity contribution in [1.82, 2.24) is 14.5 Å².